The normalized spacial score (nSPS) is 29.5. The number of benzene rings is 2. The summed E-state index contributed by atoms with van der Waals surface area (Å²) in [4.78, 5) is 0. The smallest absolute Gasteiger partial charge is 0.115 e. The van der Waals surface area contributed by atoms with Gasteiger partial charge in [0.25, 0.3) is 0 Å². The van der Waals surface area contributed by atoms with Gasteiger partial charge in [0.05, 0.1) is 25.4 Å². The standard InChI is InChI=1S/C21H26O4/c1-15-19(22)21(24-14-18-11-7-4-8-12-18)20(16(2)25-15)23-13-17-9-5-3-6-10-17/h3-12,15-16,19-22H,13-14H2,1-2H3/t15-,16?,19?,20-,21-/m0/s1. The number of rotatable bonds is 6. The fourth-order valence-electron chi connectivity index (χ4n) is 3.18. The van der Waals surface area contributed by atoms with E-state index >= 15 is 0 Å². The first kappa shape index (κ1) is 18.1. The van der Waals surface area contributed by atoms with Gasteiger partial charge in [-0.15, -0.1) is 0 Å². The lowest BCUT2D eigenvalue weighted by Gasteiger charge is -2.42. The molecule has 5 atom stereocenters. The van der Waals surface area contributed by atoms with E-state index < -0.39 is 12.2 Å². The maximum absolute atomic E-state index is 10.6. The molecule has 1 N–H and O–H groups in total. The number of aliphatic hydroxyl groups is 1. The molecular weight excluding hydrogens is 316 g/mol. The second-order valence-electron chi connectivity index (χ2n) is 6.56. The molecule has 0 bridgehead atoms. The van der Waals surface area contributed by atoms with Crippen molar-refractivity contribution in [2.24, 2.45) is 0 Å². The lowest BCUT2D eigenvalue weighted by Crippen LogP contribution is -2.57. The molecule has 1 saturated heterocycles. The third-order valence-corrected chi connectivity index (χ3v) is 4.60. The topological polar surface area (TPSA) is 47.9 Å². The number of ether oxygens (including phenoxy) is 3. The molecule has 1 fully saturated rings. The zero-order chi connectivity index (χ0) is 17.6. The maximum Gasteiger partial charge on any atom is 0.115 e. The summed E-state index contributed by atoms with van der Waals surface area (Å²) in [6.07, 6.45) is -1.91. The van der Waals surface area contributed by atoms with E-state index in [0.717, 1.165) is 11.1 Å². The van der Waals surface area contributed by atoms with Crippen molar-refractivity contribution in [2.45, 2.75) is 57.6 Å². The van der Waals surface area contributed by atoms with Crippen LogP contribution in [-0.4, -0.2) is 35.6 Å². The highest BCUT2D eigenvalue weighted by Crippen LogP contribution is 2.27. The Bertz CT molecular complexity index is 631. The molecule has 2 aromatic rings. The van der Waals surface area contributed by atoms with E-state index in [1.54, 1.807) is 0 Å². The van der Waals surface area contributed by atoms with Crippen molar-refractivity contribution in [1.29, 1.82) is 0 Å². The molecule has 0 spiro atoms. The van der Waals surface area contributed by atoms with Crippen LogP contribution in [-0.2, 0) is 27.4 Å². The van der Waals surface area contributed by atoms with Gasteiger partial charge in [-0.1, -0.05) is 60.7 Å². The van der Waals surface area contributed by atoms with Crippen LogP contribution in [0, 0.1) is 0 Å². The Morgan fingerprint density at radius 3 is 1.76 bits per heavy atom. The van der Waals surface area contributed by atoms with Crippen LogP contribution < -0.4 is 0 Å². The van der Waals surface area contributed by atoms with Crippen molar-refractivity contribution in [3.8, 4) is 0 Å². The highest BCUT2D eigenvalue weighted by Gasteiger charge is 2.43. The Hall–Kier alpha value is -1.72. The first-order valence-corrected chi connectivity index (χ1v) is 8.79. The molecule has 0 aromatic heterocycles. The average Bonchev–Trinajstić information content (AvgIpc) is 2.64. The minimum Gasteiger partial charge on any atom is -0.388 e. The number of hydrogen-bond donors (Lipinski definition) is 1. The lowest BCUT2D eigenvalue weighted by molar-refractivity contribution is -0.244. The van der Waals surface area contributed by atoms with Crippen LogP contribution in [0.15, 0.2) is 60.7 Å². The van der Waals surface area contributed by atoms with Gasteiger partial charge in [0, 0.05) is 0 Å². The van der Waals surface area contributed by atoms with E-state index in [0.29, 0.717) is 13.2 Å². The van der Waals surface area contributed by atoms with Gasteiger partial charge in [-0.2, -0.15) is 0 Å². The van der Waals surface area contributed by atoms with Crippen molar-refractivity contribution in [3.63, 3.8) is 0 Å². The van der Waals surface area contributed by atoms with Crippen LogP contribution in [0.5, 0.6) is 0 Å². The van der Waals surface area contributed by atoms with E-state index in [-0.39, 0.29) is 18.3 Å². The van der Waals surface area contributed by atoms with Crippen molar-refractivity contribution >= 4 is 0 Å². The highest BCUT2D eigenvalue weighted by molar-refractivity contribution is 5.14. The second kappa shape index (κ2) is 8.59. The maximum atomic E-state index is 10.6. The molecule has 25 heavy (non-hydrogen) atoms. The van der Waals surface area contributed by atoms with Gasteiger partial charge in [-0.05, 0) is 25.0 Å². The molecule has 4 heteroatoms. The lowest BCUT2D eigenvalue weighted by atomic mass is 9.96. The summed E-state index contributed by atoms with van der Waals surface area (Å²) in [7, 11) is 0. The van der Waals surface area contributed by atoms with Crippen LogP contribution >= 0.6 is 0 Å². The van der Waals surface area contributed by atoms with Crippen LogP contribution in [0.3, 0.4) is 0 Å². The minimum absolute atomic E-state index is 0.150. The molecule has 0 saturated carbocycles. The zero-order valence-electron chi connectivity index (χ0n) is 14.7. The molecule has 1 heterocycles. The van der Waals surface area contributed by atoms with Crippen molar-refractivity contribution in [2.75, 3.05) is 0 Å². The van der Waals surface area contributed by atoms with E-state index in [2.05, 4.69) is 0 Å². The highest BCUT2D eigenvalue weighted by atomic mass is 16.6. The summed E-state index contributed by atoms with van der Waals surface area (Å²) in [6.45, 7) is 4.74. The summed E-state index contributed by atoms with van der Waals surface area (Å²) < 4.78 is 18.0. The second-order valence-corrected chi connectivity index (χ2v) is 6.56. The van der Waals surface area contributed by atoms with Gasteiger partial charge in [0.15, 0.2) is 0 Å². The van der Waals surface area contributed by atoms with Gasteiger partial charge < -0.3 is 19.3 Å². The van der Waals surface area contributed by atoms with Crippen LogP contribution in [0.4, 0.5) is 0 Å². The first-order chi connectivity index (χ1) is 12.1. The van der Waals surface area contributed by atoms with Crippen molar-refractivity contribution < 1.29 is 19.3 Å². The van der Waals surface area contributed by atoms with E-state index in [1.807, 2.05) is 74.5 Å². The fourth-order valence-corrected chi connectivity index (χ4v) is 3.18. The molecule has 0 aliphatic carbocycles. The largest absolute Gasteiger partial charge is 0.388 e. The molecule has 1 aliphatic heterocycles. The summed E-state index contributed by atoms with van der Waals surface area (Å²) >= 11 is 0. The Morgan fingerprint density at radius 1 is 0.760 bits per heavy atom. The predicted octanol–water partition coefficient (Wildman–Crippen LogP) is 3.33. The molecule has 2 aromatic carbocycles. The van der Waals surface area contributed by atoms with Crippen LogP contribution in [0.25, 0.3) is 0 Å². The van der Waals surface area contributed by atoms with Crippen LogP contribution in [0.2, 0.25) is 0 Å². The Balaban J connectivity index is 1.67. The van der Waals surface area contributed by atoms with Crippen molar-refractivity contribution in [3.05, 3.63) is 71.8 Å². The summed E-state index contributed by atoms with van der Waals surface area (Å²) in [5.41, 5.74) is 2.16. The molecule has 3 rings (SSSR count). The predicted molar refractivity (Wildman–Crippen MR) is 96.1 cm³/mol. The minimum atomic E-state index is -0.722. The molecule has 1 aliphatic rings. The third-order valence-electron chi connectivity index (χ3n) is 4.60. The summed E-state index contributed by atoms with van der Waals surface area (Å²) in [5.74, 6) is 0. The van der Waals surface area contributed by atoms with Gasteiger partial charge in [0.1, 0.15) is 18.3 Å². The first-order valence-electron chi connectivity index (χ1n) is 8.79. The molecule has 2 unspecified atom stereocenters. The number of aliphatic hydroxyl groups excluding tert-OH is 1. The third kappa shape index (κ3) is 4.67. The van der Waals surface area contributed by atoms with Crippen LogP contribution in [0.1, 0.15) is 25.0 Å². The summed E-state index contributed by atoms with van der Waals surface area (Å²) in [6, 6.07) is 20.0. The Kier molecular flexibility index (Phi) is 6.21. The molecule has 134 valence electrons. The number of hydrogen-bond acceptors (Lipinski definition) is 4. The Labute approximate surface area is 149 Å². The van der Waals surface area contributed by atoms with Crippen molar-refractivity contribution in [1.82, 2.24) is 0 Å². The fraction of sp³-hybridized carbons (Fsp3) is 0.429. The van der Waals surface area contributed by atoms with E-state index in [9.17, 15) is 5.11 Å². The van der Waals surface area contributed by atoms with E-state index in [1.165, 1.54) is 0 Å². The van der Waals surface area contributed by atoms with Gasteiger partial charge >= 0.3 is 0 Å². The van der Waals surface area contributed by atoms with Gasteiger partial charge in [0.2, 0.25) is 0 Å². The zero-order valence-corrected chi connectivity index (χ0v) is 14.7. The molecular formula is C21H26O4. The van der Waals surface area contributed by atoms with Gasteiger partial charge in [-0.25, -0.2) is 0 Å². The monoisotopic (exact) mass is 342 g/mol. The SMILES string of the molecule is CC1O[C@@H](C)C(O)[C@H](OCc2ccccc2)[C@H]1OCc1ccccc1. The Morgan fingerprint density at radius 2 is 1.24 bits per heavy atom. The quantitative estimate of drug-likeness (QED) is 0.875. The molecule has 0 amide bonds. The van der Waals surface area contributed by atoms with E-state index in [4.69, 9.17) is 14.2 Å². The molecule has 0 radical (unpaired) electrons. The molecule has 4 nitrogen and oxygen atoms in total. The van der Waals surface area contributed by atoms with Gasteiger partial charge in [-0.3, -0.25) is 0 Å². The summed E-state index contributed by atoms with van der Waals surface area (Å²) in [5, 5.41) is 10.6. The average molecular weight is 342 g/mol.